The molecule has 3 N–H and O–H groups in total. The maximum atomic E-state index is 12.3. The molecule has 5 heteroatoms. The van der Waals surface area contributed by atoms with Crippen LogP contribution in [0.3, 0.4) is 0 Å². The number of carbonyl (C=O) groups is 1. The minimum atomic E-state index is -0.217. The van der Waals surface area contributed by atoms with E-state index in [0.717, 1.165) is 5.56 Å². The second-order valence-corrected chi connectivity index (χ2v) is 4.31. The standard InChI is InChI=1S/C12H17N3O2/c1-7-3-4-14-12(13)10(7)11(16)9-5-8(17-2)6-15-9/h3-4,8-9,15H,5-6H2,1-2H3,(H2,13,14). The maximum absolute atomic E-state index is 12.3. The smallest absolute Gasteiger partial charge is 0.183 e. The molecule has 1 saturated heterocycles. The Hall–Kier alpha value is -1.46. The Labute approximate surface area is 100 Å². The molecule has 1 aromatic rings. The quantitative estimate of drug-likeness (QED) is 0.747. The van der Waals surface area contributed by atoms with Gasteiger partial charge in [-0.3, -0.25) is 4.79 Å². The zero-order chi connectivity index (χ0) is 12.4. The summed E-state index contributed by atoms with van der Waals surface area (Å²) in [5.41, 5.74) is 7.16. The Bertz CT molecular complexity index is 414. The summed E-state index contributed by atoms with van der Waals surface area (Å²) in [5.74, 6) is 0.310. The molecule has 1 aliphatic heterocycles. The summed E-state index contributed by atoms with van der Waals surface area (Å²) < 4.78 is 5.23. The van der Waals surface area contributed by atoms with Crippen molar-refractivity contribution in [3.63, 3.8) is 0 Å². The first-order valence-corrected chi connectivity index (χ1v) is 5.65. The van der Waals surface area contributed by atoms with E-state index in [4.69, 9.17) is 10.5 Å². The highest BCUT2D eigenvalue weighted by Gasteiger charge is 2.31. The molecule has 1 aromatic heterocycles. The Balaban J connectivity index is 2.21. The van der Waals surface area contributed by atoms with Crippen LogP contribution < -0.4 is 11.1 Å². The Morgan fingerprint density at radius 3 is 3.00 bits per heavy atom. The summed E-state index contributed by atoms with van der Waals surface area (Å²) in [6.07, 6.45) is 2.40. The zero-order valence-electron chi connectivity index (χ0n) is 10.1. The maximum Gasteiger partial charge on any atom is 0.183 e. The number of ketones is 1. The van der Waals surface area contributed by atoms with E-state index in [1.165, 1.54) is 0 Å². The number of hydrogen-bond donors (Lipinski definition) is 2. The number of ether oxygens (including phenoxy) is 1. The lowest BCUT2D eigenvalue weighted by molar-refractivity contribution is 0.0919. The average Bonchev–Trinajstić information content (AvgIpc) is 2.77. The number of nitrogens with two attached hydrogens (primary N) is 1. The van der Waals surface area contributed by atoms with E-state index in [0.29, 0.717) is 24.3 Å². The van der Waals surface area contributed by atoms with Gasteiger partial charge in [0.25, 0.3) is 0 Å². The van der Waals surface area contributed by atoms with Gasteiger partial charge in [0, 0.05) is 19.9 Å². The van der Waals surface area contributed by atoms with Crippen molar-refractivity contribution in [1.82, 2.24) is 10.3 Å². The fourth-order valence-corrected chi connectivity index (χ4v) is 2.16. The van der Waals surface area contributed by atoms with Crippen LogP contribution in [0.1, 0.15) is 22.3 Å². The molecule has 1 fully saturated rings. The van der Waals surface area contributed by atoms with Crippen LogP contribution in [-0.2, 0) is 4.74 Å². The molecule has 0 spiro atoms. The van der Waals surface area contributed by atoms with Crippen LogP contribution in [0.15, 0.2) is 12.3 Å². The molecule has 0 aliphatic carbocycles. The number of Topliss-reactive ketones (excluding diaryl/α,β-unsaturated/α-hetero) is 1. The van der Waals surface area contributed by atoms with Crippen LogP contribution in [0.5, 0.6) is 0 Å². The number of nitrogens with one attached hydrogen (secondary N) is 1. The highest BCUT2D eigenvalue weighted by Crippen LogP contribution is 2.20. The van der Waals surface area contributed by atoms with Gasteiger partial charge < -0.3 is 15.8 Å². The molecule has 2 rings (SSSR count). The van der Waals surface area contributed by atoms with Crippen LogP contribution in [0.4, 0.5) is 5.82 Å². The largest absolute Gasteiger partial charge is 0.383 e. The van der Waals surface area contributed by atoms with Crippen molar-refractivity contribution in [1.29, 1.82) is 0 Å². The van der Waals surface area contributed by atoms with E-state index in [9.17, 15) is 4.79 Å². The minimum Gasteiger partial charge on any atom is -0.383 e. The Morgan fingerprint density at radius 2 is 2.41 bits per heavy atom. The van der Waals surface area contributed by atoms with Gasteiger partial charge in [0.15, 0.2) is 5.78 Å². The van der Waals surface area contributed by atoms with Crippen molar-refractivity contribution in [3.8, 4) is 0 Å². The summed E-state index contributed by atoms with van der Waals surface area (Å²) in [6, 6.07) is 1.58. The molecular formula is C12H17N3O2. The zero-order valence-corrected chi connectivity index (χ0v) is 10.1. The second kappa shape index (κ2) is 4.81. The van der Waals surface area contributed by atoms with Gasteiger partial charge in [-0.15, -0.1) is 0 Å². The second-order valence-electron chi connectivity index (χ2n) is 4.31. The van der Waals surface area contributed by atoms with E-state index >= 15 is 0 Å². The summed E-state index contributed by atoms with van der Waals surface area (Å²) in [4.78, 5) is 16.3. The van der Waals surface area contributed by atoms with E-state index in [-0.39, 0.29) is 17.9 Å². The van der Waals surface area contributed by atoms with Crippen LogP contribution in [0.2, 0.25) is 0 Å². The fraction of sp³-hybridized carbons (Fsp3) is 0.500. The van der Waals surface area contributed by atoms with Gasteiger partial charge in [0.1, 0.15) is 5.82 Å². The van der Waals surface area contributed by atoms with Crippen LogP contribution >= 0.6 is 0 Å². The molecule has 2 atom stereocenters. The summed E-state index contributed by atoms with van der Waals surface area (Å²) in [6.45, 7) is 2.57. The number of rotatable bonds is 3. The van der Waals surface area contributed by atoms with Crippen molar-refractivity contribution < 1.29 is 9.53 Å². The molecule has 92 valence electrons. The minimum absolute atomic E-state index is 0.00708. The van der Waals surface area contributed by atoms with Gasteiger partial charge in [-0.25, -0.2) is 4.98 Å². The molecule has 0 radical (unpaired) electrons. The molecule has 0 saturated carbocycles. The number of carbonyl (C=O) groups excluding carboxylic acids is 1. The third-order valence-electron chi connectivity index (χ3n) is 3.18. The Kier molecular flexibility index (Phi) is 3.40. The highest BCUT2D eigenvalue weighted by molar-refractivity contribution is 6.04. The number of aromatic nitrogens is 1. The molecule has 1 aliphatic rings. The van der Waals surface area contributed by atoms with Crippen LogP contribution in [0.25, 0.3) is 0 Å². The normalized spacial score (nSPS) is 23.9. The predicted octanol–water partition coefficient (Wildman–Crippen LogP) is 0.532. The van der Waals surface area contributed by atoms with Gasteiger partial charge in [0.05, 0.1) is 17.7 Å². The summed E-state index contributed by atoms with van der Waals surface area (Å²) in [7, 11) is 1.66. The van der Waals surface area contributed by atoms with E-state index in [1.54, 1.807) is 19.4 Å². The third-order valence-corrected chi connectivity index (χ3v) is 3.18. The molecule has 0 aromatic carbocycles. The molecule has 5 nitrogen and oxygen atoms in total. The number of nitrogen functional groups attached to an aromatic ring is 1. The first-order valence-electron chi connectivity index (χ1n) is 5.65. The predicted molar refractivity (Wildman–Crippen MR) is 64.9 cm³/mol. The fourth-order valence-electron chi connectivity index (χ4n) is 2.16. The molecule has 2 heterocycles. The van der Waals surface area contributed by atoms with Gasteiger partial charge >= 0.3 is 0 Å². The van der Waals surface area contributed by atoms with Crippen LogP contribution in [-0.4, -0.2) is 36.6 Å². The van der Waals surface area contributed by atoms with E-state index < -0.39 is 0 Å². The Morgan fingerprint density at radius 1 is 1.65 bits per heavy atom. The van der Waals surface area contributed by atoms with Gasteiger partial charge in [-0.1, -0.05) is 0 Å². The number of anilines is 1. The number of pyridine rings is 1. The lowest BCUT2D eigenvalue weighted by Gasteiger charge is -2.12. The monoisotopic (exact) mass is 235 g/mol. The average molecular weight is 235 g/mol. The van der Waals surface area contributed by atoms with Crippen molar-refractivity contribution in [2.75, 3.05) is 19.4 Å². The number of hydrogen-bond acceptors (Lipinski definition) is 5. The molecule has 0 amide bonds. The SMILES string of the molecule is COC1CNC(C(=O)c2c(C)ccnc2N)C1. The molecular weight excluding hydrogens is 218 g/mol. The molecule has 17 heavy (non-hydrogen) atoms. The van der Waals surface area contributed by atoms with Crippen LogP contribution in [0, 0.1) is 6.92 Å². The third kappa shape index (κ3) is 2.30. The van der Waals surface area contributed by atoms with Crippen molar-refractivity contribution in [2.45, 2.75) is 25.5 Å². The van der Waals surface area contributed by atoms with Gasteiger partial charge in [-0.2, -0.15) is 0 Å². The lowest BCUT2D eigenvalue weighted by atomic mass is 9.99. The van der Waals surface area contributed by atoms with Gasteiger partial charge in [0.2, 0.25) is 0 Å². The first kappa shape index (κ1) is 12.0. The van der Waals surface area contributed by atoms with E-state index in [1.807, 2.05) is 6.92 Å². The highest BCUT2D eigenvalue weighted by atomic mass is 16.5. The number of methoxy groups -OCH3 is 1. The summed E-state index contributed by atoms with van der Waals surface area (Å²) >= 11 is 0. The molecule has 2 unspecified atom stereocenters. The van der Waals surface area contributed by atoms with Crippen molar-refractivity contribution in [2.24, 2.45) is 0 Å². The lowest BCUT2D eigenvalue weighted by Crippen LogP contribution is -2.31. The van der Waals surface area contributed by atoms with Crippen molar-refractivity contribution in [3.05, 3.63) is 23.4 Å². The van der Waals surface area contributed by atoms with Gasteiger partial charge in [-0.05, 0) is 25.0 Å². The van der Waals surface area contributed by atoms with Crippen molar-refractivity contribution >= 4 is 11.6 Å². The topological polar surface area (TPSA) is 77.2 Å². The summed E-state index contributed by atoms with van der Waals surface area (Å²) in [5, 5.41) is 3.15. The molecule has 0 bridgehead atoms. The number of nitrogens with zero attached hydrogens (tertiary/aromatic N) is 1. The number of aryl methyl sites for hydroxylation is 1. The first-order chi connectivity index (χ1) is 8.13. The van der Waals surface area contributed by atoms with E-state index in [2.05, 4.69) is 10.3 Å².